The third kappa shape index (κ3) is 14.1. The van der Waals surface area contributed by atoms with Crippen molar-refractivity contribution in [1.29, 1.82) is 0 Å². The van der Waals surface area contributed by atoms with E-state index < -0.39 is 0 Å². The van der Waals surface area contributed by atoms with Crippen LogP contribution in [0.15, 0.2) is 394 Å². The Morgan fingerprint density at radius 1 is 0.220 bits per heavy atom. The summed E-state index contributed by atoms with van der Waals surface area (Å²) in [6.45, 7) is 11.3. The van der Waals surface area contributed by atoms with E-state index in [9.17, 15) is 0 Å². The maximum absolute atomic E-state index is 2.41. The zero-order chi connectivity index (χ0) is 73.7. The number of aromatic nitrogens is 2. The highest BCUT2D eigenvalue weighted by atomic mass is 15.1. The molecule has 0 N–H and O–H groups in total. The number of hydrogen-bond donors (Lipinski definition) is 0. The third-order valence-corrected chi connectivity index (χ3v) is 22.1. The Hall–Kier alpha value is -13.3. The summed E-state index contributed by atoms with van der Waals surface area (Å²) in [5, 5.41) is 5.01. The summed E-state index contributed by atoms with van der Waals surface area (Å²) < 4.78 is 4.81. The predicted molar refractivity (Wildman–Crippen MR) is 466 cm³/mol. The first-order chi connectivity index (χ1) is 53.7. The molecule has 0 aliphatic heterocycles. The van der Waals surface area contributed by atoms with Gasteiger partial charge in [-0.25, -0.2) is 0 Å². The van der Waals surface area contributed by atoms with E-state index in [1.165, 1.54) is 133 Å². The van der Waals surface area contributed by atoms with Gasteiger partial charge in [0.2, 0.25) is 0 Å². The molecule has 2 heterocycles. The zero-order valence-corrected chi connectivity index (χ0v) is 62.4. The highest BCUT2D eigenvalue weighted by Gasteiger charge is 2.21. The van der Waals surface area contributed by atoms with E-state index in [2.05, 4.69) is 448 Å². The Balaban J connectivity index is 0.000000159. The van der Waals surface area contributed by atoms with E-state index in [-0.39, 0.29) is 0 Å². The number of rotatable bonds is 18. The van der Waals surface area contributed by atoms with Gasteiger partial charge in [-0.15, -0.1) is 0 Å². The highest BCUT2D eigenvalue weighted by Crippen LogP contribution is 2.44. The molecule has 0 bridgehead atoms. The predicted octanol–water partition coefficient (Wildman–Crippen LogP) is 29.8. The number of nitrogens with zero attached hydrogens (tertiary/aromatic N) is 4. The first-order valence-corrected chi connectivity index (χ1v) is 38.4. The van der Waals surface area contributed by atoms with Crippen molar-refractivity contribution in [3.63, 3.8) is 0 Å². The van der Waals surface area contributed by atoms with Gasteiger partial charge in [-0.1, -0.05) is 282 Å². The summed E-state index contributed by atoms with van der Waals surface area (Å²) in [6.07, 6.45) is 2.28. The van der Waals surface area contributed by atoms with Gasteiger partial charge in [-0.3, -0.25) is 0 Å². The molecular formula is C105H86N4. The molecule has 2 unspecified atom stereocenters. The number of hydrogen-bond acceptors (Lipinski definition) is 2. The first kappa shape index (κ1) is 68.8. The minimum atomic E-state index is 0.560. The second-order valence-corrected chi connectivity index (χ2v) is 28.9. The zero-order valence-electron chi connectivity index (χ0n) is 62.4. The van der Waals surface area contributed by atoms with Crippen LogP contribution in [0.2, 0.25) is 0 Å². The maximum Gasteiger partial charge on any atom is 0.0541 e. The molecule has 0 amide bonds. The van der Waals surface area contributed by atoms with Gasteiger partial charge in [0.05, 0.1) is 22.1 Å². The lowest BCUT2D eigenvalue weighted by Crippen LogP contribution is -2.09. The van der Waals surface area contributed by atoms with Crippen LogP contribution in [0.25, 0.3) is 122 Å². The van der Waals surface area contributed by atoms with Crippen LogP contribution in [0.4, 0.5) is 34.1 Å². The third-order valence-electron chi connectivity index (χ3n) is 22.1. The molecule has 0 aliphatic carbocycles. The standard InChI is InChI=1S/C53H44N2.C52H42N2/c1-4-38(3)39-17-19-42(20-18-39)44-25-33-52-50(35-44)51-36-45(26-34-53(51)55(52)49-27-15-37(2)16-28-49)43-23-31-48(32-24-43)54(46-13-9-6-10-14-46)47-29-21-41(22-30-47)40-11-7-5-8-12-40;1-3-37(2)38-19-21-41(22-20-38)43-27-33-51-49(35-43)50-36-44(28-34-52(50)54(51)46-17-11-6-12-18-46)42-25-31-48(32-26-42)53(45-15-9-5-10-16-45)47-29-23-40(24-30-47)39-13-7-4-8-14-39/h5-36,38H,4H2,1-3H3;4-37H,3H2,1-2H3. The fourth-order valence-electron chi connectivity index (χ4n) is 15.6. The van der Waals surface area contributed by atoms with Crippen molar-refractivity contribution in [2.75, 3.05) is 9.80 Å². The van der Waals surface area contributed by atoms with Crippen LogP contribution in [-0.2, 0) is 0 Å². The molecule has 526 valence electrons. The van der Waals surface area contributed by atoms with E-state index >= 15 is 0 Å². The summed E-state index contributed by atoms with van der Waals surface area (Å²) in [5.41, 5.74) is 32.5. The average molecular weight is 1400 g/mol. The van der Waals surface area contributed by atoms with Crippen LogP contribution in [0, 0.1) is 6.92 Å². The number of fused-ring (bicyclic) bond motifs is 6. The molecule has 4 nitrogen and oxygen atoms in total. The Morgan fingerprint density at radius 2 is 0.440 bits per heavy atom. The summed E-state index contributed by atoms with van der Waals surface area (Å²) in [7, 11) is 0. The van der Waals surface area contributed by atoms with Crippen molar-refractivity contribution in [2.45, 2.75) is 59.3 Å². The Morgan fingerprint density at radius 3 is 0.725 bits per heavy atom. The summed E-state index contributed by atoms with van der Waals surface area (Å²) in [6, 6.07) is 144. The van der Waals surface area contributed by atoms with Gasteiger partial charge in [0, 0.05) is 67.0 Å². The fraction of sp³-hybridized carbons (Fsp3) is 0.0857. The van der Waals surface area contributed by atoms with Crippen LogP contribution in [-0.4, -0.2) is 9.13 Å². The lowest BCUT2D eigenvalue weighted by Gasteiger charge is -2.26. The summed E-state index contributed by atoms with van der Waals surface area (Å²) >= 11 is 0. The molecule has 2 aromatic heterocycles. The van der Waals surface area contributed by atoms with Crippen molar-refractivity contribution in [2.24, 2.45) is 0 Å². The molecule has 0 fully saturated rings. The van der Waals surface area contributed by atoms with E-state index in [4.69, 9.17) is 0 Å². The maximum atomic E-state index is 2.41. The molecule has 0 saturated heterocycles. The van der Waals surface area contributed by atoms with E-state index in [0.717, 1.165) is 52.7 Å². The fourth-order valence-corrected chi connectivity index (χ4v) is 15.6. The van der Waals surface area contributed by atoms with Crippen LogP contribution >= 0.6 is 0 Å². The van der Waals surface area contributed by atoms with E-state index in [0.29, 0.717) is 11.8 Å². The normalized spacial score (nSPS) is 11.9. The van der Waals surface area contributed by atoms with Crippen LogP contribution in [0.1, 0.15) is 69.1 Å². The van der Waals surface area contributed by atoms with Crippen LogP contribution < -0.4 is 9.80 Å². The van der Waals surface area contributed by atoms with E-state index in [1.807, 2.05) is 0 Å². The Kier molecular flexibility index (Phi) is 19.4. The average Bonchev–Trinajstić information content (AvgIpc) is 1.59. The molecule has 0 aliphatic rings. The number of aryl methyl sites for hydroxylation is 1. The van der Waals surface area contributed by atoms with Crippen molar-refractivity contribution < 1.29 is 0 Å². The molecule has 16 aromatic carbocycles. The quantitative estimate of drug-likeness (QED) is 0.0851. The topological polar surface area (TPSA) is 16.3 Å². The lowest BCUT2D eigenvalue weighted by molar-refractivity contribution is 0.734. The monoisotopic (exact) mass is 1400 g/mol. The molecule has 18 rings (SSSR count). The van der Waals surface area contributed by atoms with Gasteiger partial charge in [0.1, 0.15) is 0 Å². The second-order valence-electron chi connectivity index (χ2n) is 28.9. The van der Waals surface area contributed by atoms with Gasteiger partial charge in [0.15, 0.2) is 0 Å². The summed E-state index contributed by atoms with van der Waals surface area (Å²) in [4.78, 5) is 4.65. The second kappa shape index (κ2) is 30.7. The van der Waals surface area contributed by atoms with Gasteiger partial charge < -0.3 is 18.9 Å². The molecule has 0 saturated carbocycles. The SMILES string of the molecule is CCC(C)c1ccc(-c2ccc3c(c2)c2cc(-c4ccc(N(c5ccccc5)c5ccc(-c6ccccc6)cc5)cc4)ccc2n3-c2ccc(C)cc2)cc1.CCC(C)c1ccc(-c2ccc3c(c2)c2cc(-c4ccc(N(c5ccccc5)c5ccc(-c6ccccc6)cc5)cc4)ccc2n3-c2ccccc2)cc1. The summed E-state index contributed by atoms with van der Waals surface area (Å²) in [5.74, 6) is 1.12. The number of anilines is 6. The van der Waals surface area contributed by atoms with Gasteiger partial charge in [-0.2, -0.15) is 0 Å². The first-order valence-electron chi connectivity index (χ1n) is 38.4. The van der Waals surface area contributed by atoms with Crippen molar-refractivity contribution in [3.05, 3.63) is 411 Å². The molecule has 4 heteroatoms. The van der Waals surface area contributed by atoms with Crippen molar-refractivity contribution >= 4 is 77.7 Å². The van der Waals surface area contributed by atoms with E-state index in [1.54, 1.807) is 0 Å². The number of benzene rings is 16. The van der Waals surface area contributed by atoms with Crippen molar-refractivity contribution in [3.8, 4) is 78.1 Å². The van der Waals surface area contributed by atoms with Crippen LogP contribution in [0.5, 0.6) is 0 Å². The largest absolute Gasteiger partial charge is 0.311 e. The Bertz CT molecular complexity index is 6130. The molecular weight excluding hydrogens is 1320 g/mol. The minimum absolute atomic E-state index is 0.560. The lowest BCUT2D eigenvalue weighted by atomic mass is 9.95. The van der Waals surface area contributed by atoms with Crippen molar-refractivity contribution in [1.82, 2.24) is 9.13 Å². The molecule has 0 radical (unpaired) electrons. The van der Waals surface area contributed by atoms with Gasteiger partial charge >= 0.3 is 0 Å². The molecule has 0 spiro atoms. The Labute approximate surface area is 641 Å². The van der Waals surface area contributed by atoms with Gasteiger partial charge in [0.25, 0.3) is 0 Å². The molecule has 18 aromatic rings. The molecule has 109 heavy (non-hydrogen) atoms. The number of para-hydroxylation sites is 3. The smallest absolute Gasteiger partial charge is 0.0541 e. The molecule has 2 atom stereocenters. The highest BCUT2D eigenvalue weighted by molar-refractivity contribution is 6.13. The van der Waals surface area contributed by atoms with Gasteiger partial charge in [-0.05, 0) is 255 Å². The minimum Gasteiger partial charge on any atom is -0.311 e. The van der Waals surface area contributed by atoms with Crippen LogP contribution in [0.3, 0.4) is 0 Å².